The van der Waals surface area contributed by atoms with Crippen molar-refractivity contribution in [3.63, 3.8) is 0 Å². The van der Waals surface area contributed by atoms with Crippen molar-refractivity contribution in [2.45, 2.75) is 39.7 Å². The summed E-state index contributed by atoms with van der Waals surface area (Å²) in [5, 5.41) is 16.2. The standard InChI is InChI=1S/C7H16O.C4H10O3/c1-5-6-8-7(2,3)4;5-1-3-7-4-2-6/h5-6H2,1-4H3;5-6H,1-4H2. The van der Waals surface area contributed by atoms with E-state index >= 15 is 0 Å². The van der Waals surface area contributed by atoms with E-state index in [0.717, 1.165) is 13.0 Å². The number of hydrogen-bond donors (Lipinski definition) is 2. The Bertz CT molecular complexity index is 106. The van der Waals surface area contributed by atoms with E-state index in [-0.39, 0.29) is 18.8 Å². The molecule has 0 bridgehead atoms. The van der Waals surface area contributed by atoms with E-state index < -0.39 is 0 Å². The Morgan fingerprint density at radius 3 is 1.60 bits per heavy atom. The molecule has 0 heterocycles. The molecule has 0 aliphatic heterocycles. The SMILES string of the molecule is CCCOC(C)(C)C.OCCOCCO. The van der Waals surface area contributed by atoms with Crippen LogP contribution in [0.2, 0.25) is 0 Å². The molecule has 0 aliphatic rings. The normalized spacial score (nSPS) is 10.8. The lowest BCUT2D eigenvalue weighted by Gasteiger charge is -2.18. The maximum atomic E-state index is 8.09. The minimum absolute atomic E-state index is 0.0278. The summed E-state index contributed by atoms with van der Waals surface area (Å²) in [4.78, 5) is 0. The number of rotatable bonds is 6. The first-order valence-electron chi connectivity index (χ1n) is 5.41. The van der Waals surface area contributed by atoms with Crippen LogP contribution in [0, 0.1) is 0 Å². The Morgan fingerprint density at radius 1 is 0.933 bits per heavy atom. The molecular formula is C11H26O4. The summed E-state index contributed by atoms with van der Waals surface area (Å²) in [6, 6.07) is 0. The monoisotopic (exact) mass is 222 g/mol. The molecule has 2 N–H and O–H groups in total. The number of ether oxygens (including phenoxy) is 2. The molecule has 0 amide bonds. The van der Waals surface area contributed by atoms with E-state index in [1.807, 2.05) is 0 Å². The second-order valence-electron chi connectivity index (χ2n) is 4.02. The molecule has 0 saturated carbocycles. The second kappa shape index (κ2) is 11.9. The third-order valence-corrected chi connectivity index (χ3v) is 1.21. The van der Waals surface area contributed by atoms with Crippen molar-refractivity contribution in [1.29, 1.82) is 0 Å². The molecule has 0 aromatic heterocycles. The number of aliphatic hydroxyl groups excluding tert-OH is 2. The summed E-state index contributed by atoms with van der Waals surface area (Å²) in [6.07, 6.45) is 1.11. The second-order valence-corrected chi connectivity index (χ2v) is 4.02. The van der Waals surface area contributed by atoms with Crippen LogP contribution in [0.3, 0.4) is 0 Å². The van der Waals surface area contributed by atoms with Crippen molar-refractivity contribution >= 4 is 0 Å². The highest BCUT2D eigenvalue weighted by Gasteiger charge is 2.07. The van der Waals surface area contributed by atoms with Crippen molar-refractivity contribution in [1.82, 2.24) is 0 Å². The van der Waals surface area contributed by atoms with Gasteiger partial charge in [0.2, 0.25) is 0 Å². The summed E-state index contributed by atoms with van der Waals surface area (Å²) < 4.78 is 10.0. The lowest BCUT2D eigenvalue weighted by molar-refractivity contribution is -0.00236. The molecule has 15 heavy (non-hydrogen) atoms. The fraction of sp³-hybridized carbons (Fsp3) is 1.00. The summed E-state index contributed by atoms with van der Waals surface area (Å²) >= 11 is 0. The van der Waals surface area contributed by atoms with Crippen LogP contribution in [-0.2, 0) is 9.47 Å². The zero-order chi connectivity index (χ0) is 12.2. The third-order valence-electron chi connectivity index (χ3n) is 1.21. The van der Waals surface area contributed by atoms with Crippen LogP contribution in [0.5, 0.6) is 0 Å². The molecule has 0 saturated heterocycles. The van der Waals surface area contributed by atoms with E-state index in [1.54, 1.807) is 0 Å². The molecular weight excluding hydrogens is 196 g/mol. The molecule has 4 nitrogen and oxygen atoms in total. The van der Waals surface area contributed by atoms with E-state index in [2.05, 4.69) is 32.4 Å². The van der Waals surface area contributed by atoms with Gasteiger partial charge in [-0.3, -0.25) is 0 Å². The summed E-state index contributed by atoms with van der Waals surface area (Å²) in [5.41, 5.74) is 0.0516. The lowest BCUT2D eigenvalue weighted by atomic mass is 10.2. The highest BCUT2D eigenvalue weighted by Crippen LogP contribution is 2.05. The molecule has 0 aliphatic carbocycles. The average molecular weight is 222 g/mol. The van der Waals surface area contributed by atoms with Gasteiger partial charge >= 0.3 is 0 Å². The van der Waals surface area contributed by atoms with Crippen LogP contribution < -0.4 is 0 Å². The van der Waals surface area contributed by atoms with Gasteiger partial charge in [-0.15, -0.1) is 0 Å². The molecule has 94 valence electrons. The average Bonchev–Trinajstić information content (AvgIpc) is 2.16. The predicted octanol–water partition coefficient (Wildman–Crippen LogP) is 1.20. The third kappa shape index (κ3) is 24.8. The van der Waals surface area contributed by atoms with E-state index in [1.165, 1.54) is 0 Å². The molecule has 0 atom stereocenters. The van der Waals surface area contributed by atoms with E-state index in [0.29, 0.717) is 13.2 Å². The molecule has 0 aromatic carbocycles. The lowest BCUT2D eigenvalue weighted by Crippen LogP contribution is -2.19. The van der Waals surface area contributed by atoms with Gasteiger partial charge < -0.3 is 19.7 Å². The van der Waals surface area contributed by atoms with Gasteiger partial charge in [-0.2, -0.15) is 0 Å². The van der Waals surface area contributed by atoms with Crippen LogP contribution in [0.15, 0.2) is 0 Å². The Kier molecular flexibility index (Phi) is 13.7. The first kappa shape index (κ1) is 17.2. The zero-order valence-electron chi connectivity index (χ0n) is 10.5. The van der Waals surface area contributed by atoms with Gasteiger partial charge in [-0.1, -0.05) is 6.92 Å². The van der Waals surface area contributed by atoms with Gasteiger partial charge in [0.15, 0.2) is 0 Å². The topological polar surface area (TPSA) is 58.9 Å². The molecule has 0 aromatic rings. The van der Waals surface area contributed by atoms with Gasteiger partial charge in [-0.05, 0) is 27.2 Å². The van der Waals surface area contributed by atoms with Crippen LogP contribution >= 0.6 is 0 Å². The van der Waals surface area contributed by atoms with Crippen molar-refractivity contribution in [2.75, 3.05) is 33.0 Å². The summed E-state index contributed by atoms with van der Waals surface area (Å²) in [5.74, 6) is 0. The Hall–Kier alpha value is -0.160. The van der Waals surface area contributed by atoms with Gasteiger partial charge in [-0.25, -0.2) is 0 Å². The predicted molar refractivity (Wildman–Crippen MR) is 61.0 cm³/mol. The maximum absolute atomic E-state index is 8.09. The minimum Gasteiger partial charge on any atom is -0.394 e. The van der Waals surface area contributed by atoms with Crippen LogP contribution in [-0.4, -0.2) is 48.8 Å². The Morgan fingerprint density at radius 2 is 1.40 bits per heavy atom. The molecule has 0 fully saturated rings. The van der Waals surface area contributed by atoms with Crippen molar-refractivity contribution < 1.29 is 19.7 Å². The maximum Gasteiger partial charge on any atom is 0.0698 e. The van der Waals surface area contributed by atoms with Gasteiger partial charge in [0.1, 0.15) is 0 Å². The first-order valence-corrected chi connectivity index (χ1v) is 5.41. The fourth-order valence-electron chi connectivity index (χ4n) is 0.639. The van der Waals surface area contributed by atoms with Crippen molar-refractivity contribution in [2.24, 2.45) is 0 Å². The largest absolute Gasteiger partial charge is 0.394 e. The van der Waals surface area contributed by atoms with Gasteiger partial charge in [0.05, 0.1) is 32.0 Å². The van der Waals surface area contributed by atoms with E-state index in [9.17, 15) is 0 Å². The quantitative estimate of drug-likeness (QED) is 0.663. The molecule has 0 spiro atoms. The van der Waals surface area contributed by atoms with Crippen LogP contribution in [0.25, 0.3) is 0 Å². The van der Waals surface area contributed by atoms with Crippen LogP contribution in [0.4, 0.5) is 0 Å². The highest BCUT2D eigenvalue weighted by molar-refractivity contribution is 4.57. The van der Waals surface area contributed by atoms with Crippen molar-refractivity contribution in [3.8, 4) is 0 Å². The minimum atomic E-state index is 0.0278. The Balaban J connectivity index is 0. The molecule has 4 heteroatoms. The van der Waals surface area contributed by atoms with Crippen molar-refractivity contribution in [3.05, 3.63) is 0 Å². The first-order chi connectivity index (χ1) is 6.97. The molecule has 0 unspecified atom stereocenters. The smallest absolute Gasteiger partial charge is 0.0698 e. The Labute approximate surface area is 93.2 Å². The van der Waals surface area contributed by atoms with Crippen LogP contribution in [0.1, 0.15) is 34.1 Å². The number of hydrogen-bond acceptors (Lipinski definition) is 4. The fourth-order valence-corrected chi connectivity index (χ4v) is 0.639. The van der Waals surface area contributed by atoms with Gasteiger partial charge in [0.25, 0.3) is 0 Å². The zero-order valence-corrected chi connectivity index (χ0v) is 10.5. The molecule has 0 radical (unpaired) electrons. The highest BCUT2D eigenvalue weighted by atomic mass is 16.5. The van der Waals surface area contributed by atoms with E-state index in [4.69, 9.17) is 14.9 Å². The van der Waals surface area contributed by atoms with Gasteiger partial charge in [0, 0.05) is 6.61 Å². The summed E-state index contributed by atoms with van der Waals surface area (Å²) in [7, 11) is 0. The number of aliphatic hydroxyl groups is 2. The summed E-state index contributed by atoms with van der Waals surface area (Å²) in [6.45, 7) is 9.91. The molecule has 0 rings (SSSR count).